The molecule has 1 atom stereocenters. The number of hydrogen-bond donors (Lipinski definition) is 1. The van der Waals surface area contributed by atoms with Gasteiger partial charge in [0.25, 0.3) is 5.91 Å². The van der Waals surface area contributed by atoms with E-state index in [4.69, 9.17) is 14.5 Å². The maximum atomic E-state index is 12.1. The lowest BCUT2D eigenvalue weighted by atomic mass is 10.1. The van der Waals surface area contributed by atoms with Gasteiger partial charge in [0.05, 0.1) is 19.8 Å². The second-order valence-corrected chi connectivity index (χ2v) is 7.55. The Labute approximate surface area is 198 Å². The fourth-order valence-electron chi connectivity index (χ4n) is 3.39. The molecule has 1 aromatic rings. The van der Waals surface area contributed by atoms with E-state index in [1.807, 2.05) is 18.2 Å². The number of carbonyl (C=O) groups excluding carboxylic acids is 1. The molecule has 8 heteroatoms. The number of benzene rings is 1. The molecule has 1 unspecified atom stereocenters. The van der Waals surface area contributed by atoms with Crippen molar-refractivity contribution in [1.82, 2.24) is 15.1 Å². The van der Waals surface area contributed by atoms with Crippen LogP contribution in [0.5, 0.6) is 0 Å². The molecule has 7 nitrogen and oxygen atoms in total. The highest BCUT2D eigenvalue weighted by Gasteiger charge is 2.24. The van der Waals surface area contributed by atoms with Gasteiger partial charge in [-0.05, 0) is 37.5 Å². The van der Waals surface area contributed by atoms with Crippen LogP contribution in [-0.2, 0) is 15.9 Å². The maximum Gasteiger partial charge on any atom is 0.253 e. The molecule has 1 aliphatic rings. The maximum absolute atomic E-state index is 12.1. The molecule has 30 heavy (non-hydrogen) atoms. The normalized spacial score (nSPS) is 16.3. The van der Waals surface area contributed by atoms with Gasteiger partial charge in [0.15, 0.2) is 5.96 Å². The molecular formula is C22H37IN4O3. The van der Waals surface area contributed by atoms with Crippen molar-refractivity contribution >= 4 is 35.8 Å². The number of ether oxygens (including phenoxy) is 2. The molecule has 0 radical (unpaired) electrons. The van der Waals surface area contributed by atoms with Crippen molar-refractivity contribution in [3.63, 3.8) is 0 Å². The third kappa shape index (κ3) is 8.77. The van der Waals surface area contributed by atoms with E-state index in [0.29, 0.717) is 25.7 Å². The van der Waals surface area contributed by atoms with Crippen molar-refractivity contribution in [3.8, 4) is 0 Å². The van der Waals surface area contributed by atoms with E-state index in [2.05, 4.69) is 23.2 Å². The Morgan fingerprint density at radius 2 is 2.13 bits per heavy atom. The van der Waals surface area contributed by atoms with Crippen LogP contribution in [0.1, 0.15) is 29.3 Å². The monoisotopic (exact) mass is 532 g/mol. The van der Waals surface area contributed by atoms with E-state index in [-0.39, 0.29) is 29.9 Å². The summed E-state index contributed by atoms with van der Waals surface area (Å²) < 4.78 is 10.7. The van der Waals surface area contributed by atoms with Crippen LogP contribution in [0.15, 0.2) is 29.3 Å². The number of amides is 1. The van der Waals surface area contributed by atoms with Crippen LogP contribution < -0.4 is 5.32 Å². The summed E-state index contributed by atoms with van der Waals surface area (Å²) in [5, 5.41) is 3.41. The van der Waals surface area contributed by atoms with Gasteiger partial charge in [0.2, 0.25) is 0 Å². The van der Waals surface area contributed by atoms with Crippen LogP contribution in [0.25, 0.3) is 0 Å². The van der Waals surface area contributed by atoms with Gasteiger partial charge in [-0.2, -0.15) is 0 Å². The van der Waals surface area contributed by atoms with Gasteiger partial charge >= 0.3 is 0 Å². The van der Waals surface area contributed by atoms with Gasteiger partial charge in [-0.25, -0.2) is 0 Å². The first-order chi connectivity index (χ1) is 14.0. The van der Waals surface area contributed by atoms with Crippen molar-refractivity contribution in [2.75, 3.05) is 67.2 Å². The molecule has 0 bridgehead atoms. The van der Waals surface area contributed by atoms with Gasteiger partial charge in [0.1, 0.15) is 0 Å². The van der Waals surface area contributed by atoms with Crippen LogP contribution in [0.2, 0.25) is 0 Å². The van der Waals surface area contributed by atoms with E-state index in [9.17, 15) is 4.79 Å². The molecule has 1 heterocycles. The molecule has 0 saturated carbocycles. The minimum Gasteiger partial charge on any atom is -0.382 e. The highest BCUT2D eigenvalue weighted by molar-refractivity contribution is 14.0. The number of methoxy groups -OCH3 is 1. The van der Waals surface area contributed by atoms with E-state index in [1.54, 1.807) is 26.1 Å². The van der Waals surface area contributed by atoms with Crippen molar-refractivity contribution in [2.24, 2.45) is 10.9 Å². The van der Waals surface area contributed by atoms with E-state index < -0.39 is 0 Å². The van der Waals surface area contributed by atoms with Crippen molar-refractivity contribution in [2.45, 2.75) is 19.8 Å². The summed E-state index contributed by atoms with van der Waals surface area (Å²) in [6.45, 7) is 7.64. The number of rotatable bonds is 10. The topological polar surface area (TPSA) is 66.4 Å². The molecule has 170 valence electrons. The highest BCUT2D eigenvalue weighted by Crippen LogP contribution is 2.17. The molecule has 1 aliphatic heterocycles. The summed E-state index contributed by atoms with van der Waals surface area (Å²) in [5.74, 6) is 1.52. The summed E-state index contributed by atoms with van der Waals surface area (Å²) in [7, 11) is 5.23. The zero-order valence-corrected chi connectivity index (χ0v) is 21.1. The molecule has 2 rings (SSSR count). The zero-order chi connectivity index (χ0) is 21.1. The average Bonchev–Trinajstić information content (AvgIpc) is 3.19. The summed E-state index contributed by atoms with van der Waals surface area (Å²) in [6, 6.07) is 7.82. The minimum absolute atomic E-state index is 0. The average molecular weight is 532 g/mol. The Kier molecular flexibility index (Phi) is 13.0. The lowest BCUT2D eigenvalue weighted by Crippen LogP contribution is -2.40. The first-order valence-electron chi connectivity index (χ1n) is 10.5. The van der Waals surface area contributed by atoms with Crippen LogP contribution in [0.3, 0.4) is 0 Å². The summed E-state index contributed by atoms with van der Waals surface area (Å²) >= 11 is 0. The molecular weight excluding hydrogens is 495 g/mol. The number of likely N-dealkylation sites (tertiary alicyclic amines) is 1. The zero-order valence-electron chi connectivity index (χ0n) is 18.7. The van der Waals surface area contributed by atoms with Crippen LogP contribution >= 0.6 is 24.0 Å². The summed E-state index contributed by atoms with van der Waals surface area (Å²) in [5.41, 5.74) is 1.85. The van der Waals surface area contributed by atoms with Gasteiger partial charge < -0.3 is 24.6 Å². The smallest absolute Gasteiger partial charge is 0.253 e. The Morgan fingerprint density at radius 3 is 2.83 bits per heavy atom. The number of nitrogens with zero attached hydrogens (tertiary/aromatic N) is 3. The van der Waals surface area contributed by atoms with Gasteiger partial charge in [-0.3, -0.25) is 9.79 Å². The van der Waals surface area contributed by atoms with Gasteiger partial charge in [-0.15, -0.1) is 24.0 Å². The SMILES string of the molecule is CCNC(=NCCc1cccc(C(=O)N(C)C)c1)N1CCC(COCCOC)C1.I. The molecule has 1 amide bonds. The molecule has 1 fully saturated rings. The summed E-state index contributed by atoms with van der Waals surface area (Å²) in [4.78, 5) is 20.9. The molecule has 0 spiro atoms. The number of carbonyl (C=O) groups is 1. The first kappa shape index (κ1) is 26.6. The Bertz CT molecular complexity index is 670. The first-order valence-corrected chi connectivity index (χ1v) is 10.5. The minimum atomic E-state index is 0. The molecule has 0 aliphatic carbocycles. The molecule has 1 aromatic carbocycles. The van der Waals surface area contributed by atoms with E-state index in [0.717, 1.165) is 56.2 Å². The van der Waals surface area contributed by atoms with Crippen molar-refractivity contribution in [1.29, 1.82) is 0 Å². The number of hydrogen-bond acceptors (Lipinski definition) is 4. The second-order valence-electron chi connectivity index (χ2n) is 7.55. The predicted octanol–water partition coefficient (Wildman–Crippen LogP) is 2.50. The number of aliphatic imine (C=N–C) groups is 1. The van der Waals surface area contributed by atoms with Gasteiger partial charge in [-0.1, -0.05) is 12.1 Å². The lowest BCUT2D eigenvalue weighted by Gasteiger charge is -2.21. The van der Waals surface area contributed by atoms with Crippen molar-refractivity contribution in [3.05, 3.63) is 35.4 Å². The fourth-order valence-corrected chi connectivity index (χ4v) is 3.39. The van der Waals surface area contributed by atoms with E-state index >= 15 is 0 Å². The largest absolute Gasteiger partial charge is 0.382 e. The van der Waals surface area contributed by atoms with Crippen LogP contribution in [-0.4, -0.2) is 88.9 Å². The standard InChI is InChI=1S/C22H36N4O3.HI/c1-5-23-22(26-12-10-19(16-26)17-29-14-13-28-4)24-11-9-18-7-6-8-20(15-18)21(27)25(2)3;/h6-8,15,19H,5,9-14,16-17H2,1-4H3,(H,23,24);1H. The third-order valence-electron chi connectivity index (χ3n) is 4.95. The van der Waals surface area contributed by atoms with Crippen molar-refractivity contribution < 1.29 is 14.3 Å². The second kappa shape index (κ2) is 14.6. The third-order valence-corrected chi connectivity index (χ3v) is 4.95. The molecule has 0 aromatic heterocycles. The van der Waals surface area contributed by atoms with Crippen LogP contribution in [0.4, 0.5) is 0 Å². The molecule has 1 N–H and O–H groups in total. The Hall–Kier alpha value is -1.39. The number of nitrogens with one attached hydrogen (secondary N) is 1. The van der Waals surface area contributed by atoms with E-state index in [1.165, 1.54) is 0 Å². The number of halogens is 1. The van der Waals surface area contributed by atoms with Crippen LogP contribution in [0, 0.1) is 5.92 Å². The number of guanidine groups is 1. The lowest BCUT2D eigenvalue weighted by molar-refractivity contribution is 0.0536. The Balaban J connectivity index is 0.00000450. The Morgan fingerprint density at radius 1 is 1.33 bits per heavy atom. The molecule has 1 saturated heterocycles. The predicted molar refractivity (Wildman–Crippen MR) is 132 cm³/mol. The van der Waals surface area contributed by atoms with Gasteiger partial charge in [0, 0.05) is 58.9 Å². The quantitative estimate of drug-likeness (QED) is 0.217. The summed E-state index contributed by atoms with van der Waals surface area (Å²) in [6.07, 6.45) is 1.92. The fraction of sp³-hybridized carbons (Fsp3) is 0.636. The highest BCUT2D eigenvalue weighted by atomic mass is 127.